The first-order valence-corrected chi connectivity index (χ1v) is 6.48. The van der Waals surface area contributed by atoms with Crippen molar-refractivity contribution >= 4 is 16.9 Å². The van der Waals surface area contributed by atoms with E-state index in [-0.39, 0.29) is 5.92 Å². The van der Waals surface area contributed by atoms with Gasteiger partial charge in [0.15, 0.2) is 0 Å². The van der Waals surface area contributed by atoms with Crippen LogP contribution in [0.4, 0.5) is 0 Å². The zero-order valence-electron chi connectivity index (χ0n) is 11.1. The Morgan fingerprint density at radius 1 is 1.32 bits per heavy atom. The number of furan rings is 1. The summed E-state index contributed by atoms with van der Waals surface area (Å²) in [5.74, 6) is -0.00943. The van der Waals surface area contributed by atoms with Crippen LogP contribution in [0.2, 0.25) is 0 Å². The highest BCUT2D eigenvalue weighted by Crippen LogP contribution is 2.26. The topological polar surface area (TPSA) is 53.7 Å². The summed E-state index contributed by atoms with van der Waals surface area (Å²) in [6.07, 6.45) is 0. The lowest BCUT2D eigenvalue weighted by Gasteiger charge is -2.35. The van der Waals surface area contributed by atoms with Crippen molar-refractivity contribution in [2.75, 3.05) is 13.1 Å². The molecule has 3 rings (SSSR count). The van der Waals surface area contributed by atoms with Crippen molar-refractivity contribution in [3.8, 4) is 0 Å². The molecule has 4 heteroatoms. The minimum atomic E-state index is -0.702. The van der Waals surface area contributed by atoms with E-state index >= 15 is 0 Å². The molecule has 0 spiro atoms. The number of carbonyl (C=O) groups is 1. The van der Waals surface area contributed by atoms with Gasteiger partial charge >= 0.3 is 5.97 Å². The summed E-state index contributed by atoms with van der Waals surface area (Å²) >= 11 is 0. The van der Waals surface area contributed by atoms with Crippen LogP contribution in [0.1, 0.15) is 16.9 Å². The van der Waals surface area contributed by atoms with Gasteiger partial charge in [-0.1, -0.05) is 0 Å². The first kappa shape index (κ1) is 12.2. The molecule has 0 atom stereocenters. The quantitative estimate of drug-likeness (QED) is 0.920. The lowest BCUT2D eigenvalue weighted by molar-refractivity contribution is -0.147. The Kier molecular flexibility index (Phi) is 2.82. The minimum absolute atomic E-state index is 0.214. The summed E-state index contributed by atoms with van der Waals surface area (Å²) in [6, 6.07) is 6.24. The number of nitrogens with zero attached hydrogens (tertiary/aromatic N) is 1. The number of aryl methyl sites for hydroxylation is 2. The monoisotopic (exact) mass is 259 g/mol. The summed E-state index contributed by atoms with van der Waals surface area (Å²) in [5, 5.41) is 9.96. The van der Waals surface area contributed by atoms with Gasteiger partial charge in [-0.3, -0.25) is 9.69 Å². The van der Waals surface area contributed by atoms with Crippen LogP contribution in [0.3, 0.4) is 0 Å². The standard InChI is InChI=1S/C15H17NO3/c1-9-3-11-5-13(19-14(11)4-10(9)2)8-16-6-12(7-16)15(17)18/h3-5,12H,6-8H2,1-2H3,(H,17,18). The fourth-order valence-corrected chi connectivity index (χ4v) is 2.51. The van der Waals surface area contributed by atoms with Crippen LogP contribution in [0.25, 0.3) is 11.0 Å². The smallest absolute Gasteiger partial charge is 0.309 e. The number of hydrogen-bond donors (Lipinski definition) is 1. The summed E-state index contributed by atoms with van der Waals surface area (Å²) in [7, 11) is 0. The van der Waals surface area contributed by atoms with E-state index in [4.69, 9.17) is 9.52 Å². The van der Waals surface area contributed by atoms with Gasteiger partial charge in [-0.15, -0.1) is 0 Å². The Morgan fingerprint density at radius 3 is 2.68 bits per heavy atom. The van der Waals surface area contributed by atoms with Crippen LogP contribution in [0.5, 0.6) is 0 Å². The molecule has 1 aliphatic rings. The van der Waals surface area contributed by atoms with Gasteiger partial charge < -0.3 is 9.52 Å². The summed E-state index contributed by atoms with van der Waals surface area (Å²) < 4.78 is 5.82. The first-order valence-electron chi connectivity index (χ1n) is 6.48. The lowest BCUT2D eigenvalue weighted by Crippen LogP contribution is -2.49. The molecule has 2 aromatic rings. The number of carboxylic acids is 1. The molecule has 1 aliphatic heterocycles. The van der Waals surface area contributed by atoms with Crippen molar-refractivity contribution < 1.29 is 14.3 Å². The molecule has 0 radical (unpaired) electrons. The van der Waals surface area contributed by atoms with E-state index in [9.17, 15) is 4.79 Å². The maximum atomic E-state index is 10.7. The van der Waals surface area contributed by atoms with Crippen LogP contribution >= 0.6 is 0 Å². The normalized spacial score (nSPS) is 16.7. The molecule has 1 saturated heterocycles. The third kappa shape index (κ3) is 2.24. The van der Waals surface area contributed by atoms with E-state index in [1.165, 1.54) is 11.1 Å². The third-order valence-electron chi connectivity index (χ3n) is 3.87. The minimum Gasteiger partial charge on any atom is -0.481 e. The molecule has 1 fully saturated rings. The largest absolute Gasteiger partial charge is 0.481 e. The molecule has 0 unspecified atom stereocenters. The zero-order valence-corrected chi connectivity index (χ0v) is 11.1. The van der Waals surface area contributed by atoms with Gasteiger partial charge in [-0.05, 0) is 43.2 Å². The Labute approximate surface area is 111 Å². The Bertz CT molecular complexity index is 599. The number of benzene rings is 1. The van der Waals surface area contributed by atoms with E-state index in [0.29, 0.717) is 19.6 Å². The number of carboxylic acid groups (broad SMARTS) is 1. The first-order chi connectivity index (χ1) is 9.02. The summed E-state index contributed by atoms with van der Waals surface area (Å²) in [4.78, 5) is 12.8. The number of hydrogen-bond acceptors (Lipinski definition) is 3. The van der Waals surface area contributed by atoms with Crippen molar-refractivity contribution in [2.24, 2.45) is 5.92 Å². The highest BCUT2D eigenvalue weighted by atomic mass is 16.4. The molecular formula is C15H17NO3. The molecule has 1 N–H and O–H groups in total. The van der Waals surface area contributed by atoms with Crippen molar-refractivity contribution in [1.82, 2.24) is 4.90 Å². The molecule has 0 bridgehead atoms. The van der Waals surface area contributed by atoms with E-state index < -0.39 is 5.97 Å². The maximum absolute atomic E-state index is 10.7. The highest BCUT2D eigenvalue weighted by molar-refractivity contribution is 5.79. The van der Waals surface area contributed by atoms with Crippen molar-refractivity contribution in [1.29, 1.82) is 0 Å². The van der Waals surface area contributed by atoms with Crippen molar-refractivity contribution in [3.05, 3.63) is 35.1 Å². The van der Waals surface area contributed by atoms with Gasteiger partial charge in [-0.25, -0.2) is 0 Å². The second kappa shape index (κ2) is 4.38. The second-order valence-electron chi connectivity index (χ2n) is 5.42. The van der Waals surface area contributed by atoms with E-state index in [2.05, 4.69) is 36.9 Å². The molecule has 0 saturated carbocycles. The molecule has 100 valence electrons. The van der Waals surface area contributed by atoms with Crippen LogP contribution in [0, 0.1) is 19.8 Å². The van der Waals surface area contributed by atoms with Crippen molar-refractivity contribution in [2.45, 2.75) is 20.4 Å². The molecule has 0 aliphatic carbocycles. The van der Waals surface area contributed by atoms with Crippen molar-refractivity contribution in [3.63, 3.8) is 0 Å². The summed E-state index contributed by atoms with van der Waals surface area (Å²) in [5.41, 5.74) is 3.39. The van der Waals surface area contributed by atoms with Crippen LogP contribution in [-0.2, 0) is 11.3 Å². The Balaban J connectivity index is 1.74. The average Bonchev–Trinajstić information content (AvgIpc) is 2.65. The maximum Gasteiger partial charge on any atom is 0.309 e. The van der Waals surface area contributed by atoms with E-state index in [0.717, 1.165) is 16.7 Å². The molecule has 1 aromatic heterocycles. The number of rotatable bonds is 3. The fraction of sp³-hybridized carbons (Fsp3) is 0.400. The molecule has 19 heavy (non-hydrogen) atoms. The number of likely N-dealkylation sites (tertiary alicyclic amines) is 1. The molecule has 1 aromatic carbocycles. The van der Waals surface area contributed by atoms with E-state index in [1.54, 1.807) is 0 Å². The lowest BCUT2D eigenvalue weighted by atomic mass is 10.0. The van der Waals surface area contributed by atoms with Gasteiger partial charge in [0.05, 0.1) is 12.5 Å². The Hall–Kier alpha value is -1.81. The number of aliphatic carboxylic acids is 1. The van der Waals surface area contributed by atoms with Crippen LogP contribution < -0.4 is 0 Å². The van der Waals surface area contributed by atoms with Crippen LogP contribution in [-0.4, -0.2) is 29.1 Å². The highest BCUT2D eigenvalue weighted by Gasteiger charge is 2.32. The average molecular weight is 259 g/mol. The molecular weight excluding hydrogens is 242 g/mol. The van der Waals surface area contributed by atoms with Crippen LogP contribution in [0.15, 0.2) is 22.6 Å². The number of fused-ring (bicyclic) bond motifs is 1. The SMILES string of the molecule is Cc1cc2cc(CN3CC(C(=O)O)C3)oc2cc1C. The molecule has 4 nitrogen and oxygen atoms in total. The second-order valence-corrected chi connectivity index (χ2v) is 5.42. The van der Waals surface area contributed by atoms with Gasteiger partial charge in [0.25, 0.3) is 0 Å². The van der Waals surface area contributed by atoms with Gasteiger partial charge in [0.1, 0.15) is 11.3 Å². The summed E-state index contributed by atoms with van der Waals surface area (Å²) in [6.45, 7) is 6.09. The third-order valence-corrected chi connectivity index (χ3v) is 3.87. The molecule has 2 heterocycles. The predicted molar refractivity (Wildman–Crippen MR) is 72.1 cm³/mol. The molecule has 0 amide bonds. The van der Waals surface area contributed by atoms with Gasteiger partial charge in [-0.2, -0.15) is 0 Å². The zero-order chi connectivity index (χ0) is 13.6. The van der Waals surface area contributed by atoms with Gasteiger partial charge in [0.2, 0.25) is 0 Å². The van der Waals surface area contributed by atoms with Gasteiger partial charge in [0, 0.05) is 18.5 Å². The predicted octanol–water partition coefficient (Wildman–Crippen LogP) is 2.57. The fourth-order valence-electron chi connectivity index (χ4n) is 2.51. The van der Waals surface area contributed by atoms with E-state index in [1.807, 2.05) is 0 Å². The Morgan fingerprint density at radius 2 is 2.00 bits per heavy atom.